The smallest absolute Gasteiger partial charge is 0.243 e. The molecule has 2 atom stereocenters. The molecule has 0 bridgehead atoms. The first-order valence-corrected chi connectivity index (χ1v) is 14.4. The molecule has 5 rings (SSSR count). The number of nitrogens with zero attached hydrogens (tertiary/aromatic N) is 4. The number of carbonyl (C=O) groups is 1. The minimum atomic E-state index is -0.739. The monoisotopic (exact) mass is 596 g/mol. The van der Waals surface area contributed by atoms with Crippen LogP contribution in [0.1, 0.15) is 31.7 Å². The standard InChI is InChI=1S/C30H37ClN6O5/c1-6-24(38)33-19-7-12-42-16-21(19)35-29-32-15-18-13-20(25-17(2)22(40-4)14-23(41-5)26(25)31)34-28(27(18)36-29)37-10-8-30(3,39)9-11-37/h6,13-15,19,21,39H,1,7-12,16H2,2-5H3,(H,33,38)(H,32,35,36)/t19-,21+/m0/s1. The van der Waals surface area contributed by atoms with Gasteiger partial charge in [0.2, 0.25) is 11.9 Å². The second kappa shape index (κ2) is 12.3. The summed E-state index contributed by atoms with van der Waals surface area (Å²) in [6.07, 6.45) is 4.84. The van der Waals surface area contributed by atoms with Crippen molar-refractivity contribution in [1.82, 2.24) is 20.3 Å². The van der Waals surface area contributed by atoms with Crippen LogP contribution in [0.4, 0.5) is 11.8 Å². The van der Waals surface area contributed by atoms with Gasteiger partial charge in [-0.1, -0.05) is 18.2 Å². The average Bonchev–Trinajstić information content (AvgIpc) is 2.98. The maximum atomic E-state index is 12.0. The Hall–Kier alpha value is -3.67. The number of halogens is 1. The third kappa shape index (κ3) is 6.08. The second-order valence-electron chi connectivity index (χ2n) is 11.0. The first kappa shape index (κ1) is 29.8. The van der Waals surface area contributed by atoms with E-state index in [1.54, 1.807) is 26.5 Å². The van der Waals surface area contributed by atoms with E-state index in [2.05, 4.69) is 27.1 Å². The number of hydrogen-bond acceptors (Lipinski definition) is 10. The van der Waals surface area contributed by atoms with Crippen LogP contribution in [0, 0.1) is 6.92 Å². The third-order valence-corrected chi connectivity index (χ3v) is 8.39. The summed E-state index contributed by atoms with van der Waals surface area (Å²) in [5, 5.41) is 18.2. The van der Waals surface area contributed by atoms with E-state index in [-0.39, 0.29) is 18.0 Å². The number of aromatic nitrogens is 3. The molecule has 0 saturated carbocycles. The van der Waals surface area contributed by atoms with Crippen LogP contribution in [0.5, 0.6) is 11.5 Å². The molecule has 1 amide bonds. The van der Waals surface area contributed by atoms with Crippen molar-refractivity contribution in [2.75, 3.05) is 50.7 Å². The second-order valence-corrected chi connectivity index (χ2v) is 11.4. The van der Waals surface area contributed by atoms with E-state index in [0.717, 1.165) is 10.9 Å². The molecule has 2 aromatic heterocycles. The summed E-state index contributed by atoms with van der Waals surface area (Å²) >= 11 is 6.84. The first-order chi connectivity index (χ1) is 20.1. The van der Waals surface area contributed by atoms with Gasteiger partial charge in [0.1, 0.15) is 17.0 Å². The van der Waals surface area contributed by atoms with Crippen LogP contribution in [0.3, 0.4) is 0 Å². The Morgan fingerprint density at radius 3 is 2.64 bits per heavy atom. The molecule has 0 unspecified atom stereocenters. The molecule has 11 nitrogen and oxygen atoms in total. The molecule has 2 saturated heterocycles. The summed E-state index contributed by atoms with van der Waals surface area (Å²) in [5.74, 6) is 1.93. The summed E-state index contributed by atoms with van der Waals surface area (Å²) in [5.41, 5.74) is 2.07. The molecule has 0 spiro atoms. The molecule has 2 fully saturated rings. The fourth-order valence-electron chi connectivity index (χ4n) is 5.47. The van der Waals surface area contributed by atoms with Crippen LogP contribution < -0.4 is 25.0 Å². The maximum Gasteiger partial charge on any atom is 0.243 e. The fourth-order valence-corrected chi connectivity index (χ4v) is 5.84. The number of fused-ring (bicyclic) bond motifs is 1. The van der Waals surface area contributed by atoms with Gasteiger partial charge in [0, 0.05) is 48.5 Å². The van der Waals surface area contributed by atoms with Crippen molar-refractivity contribution < 1.29 is 24.1 Å². The molecule has 2 aliphatic rings. The van der Waals surface area contributed by atoms with Crippen molar-refractivity contribution in [3.63, 3.8) is 0 Å². The molecule has 12 heteroatoms. The minimum Gasteiger partial charge on any atom is -0.496 e. The molecule has 224 valence electrons. The van der Waals surface area contributed by atoms with E-state index in [1.165, 1.54) is 6.08 Å². The molecule has 4 heterocycles. The average molecular weight is 597 g/mol. The van der Waals surface area contributed by atoms with Crippen LogP contribution >= 0.6 is 11.6 Å². The predicted molar refractivity (Wildman–Crippen MR) is 163 cm³/mol. The van der Waals surface area contributed by atoms with Gasteiger partial charge in [0.25, 0.3) is 0 Å². The van der Waals surface area contributed by atoms with E-state index in [9.17, 15) is 9.90 Å². The lowest BCUT2D eigenvalue weighted by Crippen LogP contribution is -2.52. The van der Waals surface area contributed by atoms with Gasteiger partial charge in [0.15, 0.2) is 5.82 Å². The summed E-state index contributed by atoms with van der Waals surface area (Å²) in [6, 6.07) is 3.27. The zero-order valence-corrected chi connectivity index (χ0v) is 25.1. The van der Waals surface area contributed by atoms with E-state index in [4.69, 9.17) is 35.8 Å². The minimum absolute atomic E-state index is 0.166. The van der Waals surface area contributed by atoms with E-state index >= 15 is 0 Å². The highest BCUT2D eigenvalue weighted by atomic mass is 35.5. The number of anilines is 2. The highest BCUT2D eigenvalue weighted by Gasteiger charge is 2.31. The SMILES string of the molecule is C=CC(=O)N[C@H]1CCOC[C@H]1Nc1ncc2cc(-c3c(C)c(OC)cc(OC)c3Cl)nc(N3CCC(C)(O)CC3)c2n1. The number of piperidine rings is 1. The number of amides is 1. The highest BCUT2D eigenvalue weighted by Crippen LogP contribution is 2.43. The van der Waals surface area contributed by atoms with E-state index in [0.29, 0.717) is 90.6 Å². The lowest BCUT2D eigenvalue weighted by molar-refractivity contribution is -0.117. The zero-order valence-electron chi connectivity index (χ0n) is 24.4. The molecule has 1 aromatic carbocycles. The molecular weight excluding hydrogens is 560 g/mol. The molecule has 2 aliphatic heterocycles. The largest absolute Gasteiger partial charge is 0.496 e. The van der Waals surface area contributed by atoms with Crippen LogP contribution in [0.2, 0.25) is 5.02 Å². The van der Waals surface area contributed by atoms with Crippen molar-refractivity contribution >= 4 is 40.2 Å². The number of carbonyl (C=O) groups excluding carboxylic acids is 1. The van der Waals surface area contributed by atoms with Gasteiger partial charge in [0.05, 0.1) is 49.2 Å². The molecule has 3 aromatic rings. The summed E-state index contributed by atoms with van der Waals surface area (Å²) in [4.78, 5) is 28.8. The number of methoxy groups -OCH3 is 2. The number of benzene rings is 1. The van der Waals surface area contributed by atoms with Gasteiger partial charge in [-0.05, 0) is 45.3 Å². The van der Waals surface area contributed by atoms with Crippen LogP contribution in [-0.4, -0.2) is 84.2 Å². The van der Waals surface area contributed by atoms with Crippen LogP contribution in [0.25, 0.3) is 22.2 Å². The van der Waals surface area contributed by atoms with Crippen LogP contribution in [-0.2, 0) is 9.53 Å². The summed E-state index contributed by atoms with van der Waals surface area (Å²) in [6.45, 7) is 9.49. The maximum absolute atomic E-state index is 12.0. The number of rotatable bonds is 8. The van der Waals surface area contributed by atoms with Gasteiger partial charge in [-0.25, -0.2) is 15.0 Å². The molecule has 0 aliphatic carbocycles. The Balaban J connectivity index is 1.60. The Bertz CT molecular complexity index is 1460. The van der Waals surface area contributed by atoms with Crippen molar-refractivity contribution in [3.8, 4) is 22.8 Å². The molecular formula is C30H37ClN6O5. The molecule has 42 heavy (non-hydrogen) atoms. The van der Waals surface area contributed by atoms with Crippen molar-refractivity contribution in [2.24, 2.45) is 0 Å². The van der Waals surface area contributed by atoms with Crippen molar-refractivity contribution in [2.45, 2.75) is 50.8 Å². The van der Waals surface area contributed by atoms with Crippen molar-refractivity contribution in [3.05, 3.63) is 41.6 Å². The lowest BCUT2D eigenvalue weighted by Gasteiger charge is -2.37. The molecule has 0 radical (unpaired) electrons. The van der Waals surface area contributed by atoms with Gasteiger partial charge in [-0.15, -0.1) is 0 Å². The zero-order chi connectivity index (χ0) is 30.0. The Morgan fingerprint density at radius 2 is 1.95 bits per heavy atom. The lowest BCUT2D eigenvalue weighted by atomic mass is 9.93. The summed E-state index contributed by atoms with van der Waals surface area (Å²) < 4.78 is 16.8. The van der Waals surface area contributed by atoms with Gasteiger partial charge in [-0.2, -0.15) is 0 Å². The normalized spacial score (nSPS) is 20.2. The molecule has 3 N–H and O–H groups in total. The Labute approximate surface area is 250 Å². The quantitative estimate of drug-likeness (QED) is 0.329. The third-order valence-electron chi connectivity index (χ3n) is 8.01. The predicted octanol–water partition coefficient (Wildman–Crippen LogP) is 3.89. The topological polar surface area (TPSA) is 131 Å². The number of hydrogen-bond donors (Lipinski definition) is 3. The number of pyridine rings is 1. The van der Waals surface area contributed by atoms with Gasteiger partial charge in [-0.3, -0.25) is 4.79 Å². The van der Waals surface area contributed by atoms with Gasteiger partial charge >= 0.3 is 0 Å². The highest BCUT2D eigenvalue weighted by molar-refractivity contribution is 6.35. The van der Waals surface area contributed by atoms with E-state index in [1.807, 2.05) is 19.9 Å². The summed E-state index contributed by atoms with van der Waals surface area (Å²) in [7, 11) is 3.16. The Morgan fingerprint density at radius 1 is 1.21 bits per heavy atom. The number of ether oxygens (including phenoxy) is 3. The number of aliphatic hydroxyl groups is 1. The van der Waals surface area contributed by atoms with Crippen LogP contribution in [0.15, 0.2) is 31.0 Å². The fraction of sp³-hybridized carbons (Fsp3) is 0.467. The van der Waals surface area contributed by atoms with E-state index < -0.39 is 5.60 Å². The van der Waals surface area contributed by atoms with Gasteiger partial charge < -0.3 is 34.9 Å². The Kier molecular flexibility index (Phi) is 8.72. The number of nitrogens with one attached hydrogen (secondary N) is 2. The first-order valence-electron chi connectivity index (χ1n) is 14.0. The van der Waals surface area contributed by atoms with Crippen molar-refractivity contribution in [1.29, 1.82) is 0 Å².